The molecule has 1 aliphatic rings. The van der Waals surface area contributed by atoms with Crippen molar-refractivity contribution in [1.82, 2.24) is 0 Å². The van der Waals surface area contributed by atoms with E-state index in [0.717, 1.165) is 12.8 Å². The molecule has 2 atom stereocenters. The number of fused-ring (bicyclic) bond motifs is 1. The summed E-state index contributed by atoms with van der Waals surface area (Å²) >= 11 is 1.85. The van der Waals surface area contributed by atoms with Crippen molar-refractivity contribution >= 4 is 22.5 Å². The third-order valence-corrected chi connectivity index (χ3v) is 5.30. The standard InChI is InChI=1S/C17H20OS/c18-16-8-2-1-3-9-17(16)19-15-11-10-13-6-4-5-7-14(13)12-15/h4-7,10-12,16-18H,1-3,8-9H2. The third-order valence-electron chi connectivity index (χ3n) is 3.93. The van der Waals surface area contributed by atoms with Crippen LogP contribution in [0.5, 0.6) is 0 Å². The highest BCUT2D eigenvalue weighted by atomic mass is 32.2. The fourth-order valence-electron chi connectivity index (χ4n) is 2.81. The van der Waals surface area contributed by atoms with Gasteiger partial charge in [-0.2, -0.15) is 0 Å². The lowest BCUT2D eigenvalue weighted by Gasteiger charge is -2.19. The zero-order chi connectivity index (χ0) is 13.1. The predicted molar refractivity (Wildman–Crippen MR) is 82.7 cm³/mol. The van der Waals surface area contributed by atoms with E-state index in [9.17, 15) is 5.11 Å². The molecule has 0 saturated heterocycles. The van der Waals surface area contributed by atoms with Gasteiger partial charge in [-0.15, -0.1) is 11.8 Å². The van der Waals surface area contributed by atoms with Crippen LogP contribution in [0, 0.1) is 0 Å². The van der Waals surface area contributed by atoms with Crippen molar-refractivity contribution in [2.45, 2.75) is 48.4 Å². The third kappa shape index (κ3) is 3.13. The fraction of sp³-hybridized carbons (Fsp3) is 0.412. The first-order valence-electron chi connectivity index (χ1n) is 7.16. The van der Waals surface area contributed by atoms with Crippen molar-refractivity contribution in [1.29, 1.82) is 0 Å². The predicted octanol–water partition coefficient (Wildman–Crippen LogP) is 4.63. The summed E-state index contributed by atoms with van der Waals surface area (Å²) in [5, 5.41) is 13.1. The van der Waals surface area contributed by atoms with E-state index >= 15 is 0 Å². The molecule has 1 saturated carbocycles. The Hall–Kier alpha value is -0.990. The van der Waals surface area contributed by atoms with Gasteiger partial charge in [0.05, 0.1) is 6.10 Å². The molecule has 2 unspecified atom stereocenters. The van der Waals surface area contributed by atoms with E-state index in [2.05, 4.69) is 42.5 Å². The summed E-state index contributed by atoms with van der Waals surface area (Å²) in [6.07, 6.45) is 5.66. The van der Waals surface area contributed by atoms with E-state index in [4.69, 9.17) is 0 Å². The molecule has 2 aromatic carbocycles. The summed E-state index contributed by atoms with van der Waals surface area (Å²) in [4.78, 5) is 1.28. The summed E-state index contributed by atoms with van der Waals surface area (Å²) in [7, 11) is 0. The molecule has 1 fully saturated rings. The first kappa shape index (κ1) is 13.0. The molecule has 1 N–H and O–H groups in total. The van der Waals surface area contributed by atoms with Gasteiger partial charge < -0.3 is 5.11 Å². The van der Waals surface area contributed by atoms with Gasteiger partial charge in [0, 0.05) is 10.1 Å². The van der Waals surface area contributed by atoms with Gasteiger partial charge in [-0.25, -0.2) is 0 Å². The lowest BCUT2D eigenvalue weighted by molar-refractivity contribution is 0.163. The number of benzene rings is 2. The van der Waals surface area contributed by atoms with Crippen LogP contribution in [0.15, 0.2) is 47.4 Å². The van der Waals surface area contributed by atoms with Gasteiger partial charge in [-0.1, -0.05) is 49.6 Å². The van der Waals surface area contributed by atoms with Crippen LogP contribution in [0.3, 0.4) is 0 Å². The molecule has 0 spiro atoms. The second-order valence-corrected chi connectivity index (χ2v) is 6.68. The monoisotopic (exact) mass is 272 g/mol. The molecule has 0 amide bonds. The Morgan fingerprint density at radius 1 is 0.895 bits per heavy atom. The summed E-state index contributed by atoms with van der Waals surface area (Å²) in [5.41, 5.74) is 0. The SMILES string of the molecule is OC1CCCCCC1Sc1ccc2ccccc2c1. The van der Waals surface area contributed by atoms with Crippen LogP contribution in [0.2, 0.25) is 0 Å². The topological polar surface area (TPSA) is 20.2 Å². The normalized spacial score (nSPS) is 24.3. The molecular formula is C17H20OS. The Kier molecular flexibility index (Phi) is 4.09. The van der Waals surface area contributed by atoms with Crippen LogP contribution in [0.25, 0.3) is 10.8 Å². The molecule has 2 aromatic rings. The molecule has 100 valence electrons. The summed E-state index contributed by atoms with van der Waals surface area (Å²) < 4.78 is 0. The van der Waals surface area contributed by atoms with E-state index in [1.807, 2.05) is 11.8 Å². The van der Waals surface area contributed by atoms with E-state index in [-0.39, 0.29) is 6.10 Å². The largest absolute Gasteiger partial charge is 0.392 e. The van der Waals surface area contributed by atoms with Crippen molar-refractivity contribution in [3.8, 4) is 0 Å². The molecule has 2 heteroatoms. The highest BCUT2D eigenvalue weighted by molar-refractivity contribution is 8.00. The van der Waals surface area contributed by atoms with Gasteiger partial charge in [0.25, 0.3) is 0 Å². The maximum absolute atomic E-state index is 10.2. The van der Waals surface area contributed by atoms with Crippen LogP contribution < -0.4 is 0 Å². The summed E-state index contributed by atoms with van der Waals surface area (Å²) in [6.45, 7) is 0. The lowest BCUT2D eigenvalue weighted by atomic mass is 10.1. The molecule has 0 heterocycles. The van der Waals surface area contributed by atoms with Crippen molar-refractivity contribution in [2.24, 2.45) is 0 Å². The van der Waals surface area contributed by atoms with Crippen LogP contribution in [-0.4, -0.2) is 16.5 Å². The van der Waals surface area contributed by atoms with Crippen LogP contribution >= 0.6 is 11.8 Å². The molecule has 19 heavy (non-hydrogen) atoms. The average Bonchev–Trinajstić information content (AvgIpc) is 2.64. The Labute approximate surface area is 119 Å². The molecule has 1 aliphatic carbocycles. The van der Waals surface area contributed by atoms with Gasteiger partial charge in [0.1, 0.15) is 0 Å². The minimum absolute atomic E-state index is 0.140. The Bertz CT molecular complexity index is 552. The summed E-state index contributed by atoms with van der Waals surface area (Å²) in [5.74, 6) is 0. The molecule has 3 rings (SSSR count). The van der Waals surface area contributed by atoms with Crippen LogP contribution in [-0.2, 0) is 0 Å². The minimum atomic E-state index is -0.140. The molecule has 0 radical (unpaired) electrons. The number of aliphatic hydroxyl groups is 1. The Morgan fingerprint density at radius 3 is 2.58 bits per heavy atom. The molecule has 0 bridgehead atoms. The highest BCUT2D eigenvalue weighted by Gasteiger charge is 2.22. The Morgan fingerprint density at radius 2 is 1.68 bits per heavy atom. The second kappa shape index (κ2) is 5.98. The zero-order valence-electron chi connectivity index (χ0n) is 11.1. The van der Waals surface area contributed by atoms with Crippen LogP contribution in [0.1, 0.15) is 32.1 Å². The number of aliphatic hydroxyl groups excluding tert-OH is 1. The molecule has 0 aromatic heterocycles. The lowest BCUT2D eigenvalue weighted by Crippen LogP contribution is -2.21. The fourth-order valence-corrected chi connectivity index (χ4v) is 4.08. The maximum Gasteiger partial charge on any atom is 0.0662 e. The highest BCUT2D eigenvalue weighted by Crippen LogP contribution is 2.34. The average molecular weight is 272 g/mol. The first-order chi connectivity index (χ1) is 9.33. The van der Waals surface area contributed by atoms with E-state index in [1.54, 1.807) is 0 Å². The van der Waals surface area contributed by atoms with Crippen molar-refractivity contribution in [3.05, 3.63) is 42.5 Å². The van der Waals surface area contributed by atoms with Crippen molar-refractivity contribution < 1.29 is 5.11 Å². The second-order valence-electron chi connectivity index (χ2n) is 5.37. The molecule has 0 aliphatic heterocycles. The smallest absolute Gasteiger partial charge is 0.0662 e. The number of hydrogen-bond donors (Lipinski definition) is 1. The summed E-state index contributed by atoms with van der Waals surface area (Å²) in [6, 6.07) is 15.1. The van der Waals surface area contributed by atoms with Crippen molar-refractivity contribution in [3.63, 3.8) is 0 Å². The number of hydrogen-bond acceptors (Lipinski definition) is 2. The van der Waals surface area contributed by atoms with Gasteiger partial charge in [-0.3, -0.25) is 0 Å². The molecular weight excluding hydrogens is 252 g/mol. The Balaban J connectivity index is 1.80. The van der Waals surface area contributed by atoms with Gasteiger partial charge in [-0.05, 0) is 35.7 Å². The van der Waals surface area contributed by atoms with Gasteiger partial charge >= 0.3 is 0 Å². The number of thioether (sulfide) groups is 1. The van der Waals surface area contributed by atoms with Crippen LogP contribution in [0.4, 0.5) is 0 Å². The minimum Gasteiger partial charge on any atom is -0.392 e. The quantitative estimate of drug-likeness (QED) is 0.805. The van der Waals surface area contributed by atoms with Crippen molar-refractivity contribution in [2.75, 3.05) is 0 Å². The number of rotatable bonds is 2. The first-order valence-corrected chi connectivity index (χ1v) is 8.04. The van der Waals surface area contributed by atoms with E-state index in [0.29, 0.717) is 5.25 Å². The van der Waals surface area contributed by atoms with E-state index in [1.165, 1.54) is 34.9 Å². The molecule has 1 nitrogen and oxygen atoms in total. The zero-order valence-corrected chi connectivity index (χ0v) is 11.9. The maximum atomic E-state index is 10.2. The van der Waals surface area contributed by atoms with Gasteiger partial charge in [0.15, 0.2) is 0 Å². The van der Waals surface area contributed by atoms with Gasteiger partial charge in [0.2, 0.25) is 0 Å². The van der Waals surface area contributed by atoms with E-state index < -0.39 is 0 Å².